The van der Waals surface area contributed by atoms with Crippen LogP contribution in [0.15, 0.2) is 168 Å². The number of benzene rings is 9. The molecule has 2 aliphatic heterocycles. The maximum Gasteiger partial charge on any atom is 0.252 e. The molecular formula is C66H63BN2O. The molecule has 10 aromatic rings. The monoisotopic (exact) mass is 911 g/mol. The number of hydrogen-bond donors (Lipinski definition) is 0. The second-order valence-corrected chi connectivity index (χ2v) is 24.3. The zero-order valence-electron chi connectivity index (χ0n) is 43.0. The van der Waals surface area contributed by atoms with Gasteiger partial charge in [0, 0.05) is 55.7 Å². The van der Waals surface area contributed by atoms with Crippen molar-refractivity contribution in [3.8, 4) is 11.1 Å². The van der Waals surface area contributed by atoms with Crippen LogP contribution in [0.1, 0.15) is 105 Å². The van der Waals surface area contributed by atoms with Crippen LogP contribution in [0.4, 0.5) is 34.1 Å². The zero-order chi connectivity index (χ0) is 48.8. The molecule has 3 heterocycles. The third-order valence-corrected chi connectivity index (χ3v) is 15.4. The standard InChI is InChI=1S/C66H63BN2O/c1-63(2,3)44-34-45(64(4,5)6)37-48(36-44)68-56-32-43(42-27-30-59-53(31-42)52-23-17-18-24-58(52)70-59)33-57-60(56)67(54-28-25-40-19-13-15-21-50(40)61(54)68)55-29-26-41-20-14-16-22-51(41)62(55)69(57)49-38-46(65(7,8)9)35-47(39-49)66(10,11)12/h13-39H,1-12H3. The second-order valence-electron chi connectivity index (χ2n) is 24.3. The van der Waals surface area contributed by atoms with Crippen LogP contribution in [0.2, 0.25) is 0 Å². The summed E-state index contributed by atoms with van der Waals surface area (Å²) in [6, 6.07) is 62.7. The largest absolute Gasteiger partial charge is 0.456 e. The molecule has 0 fully saturated rings. The summed E-state index contributed by atoms with van der Waals surface area (Å²) in [6.45, 7) is 28.2. The molecule has 0 radical (unpaired) electrons. The molecule has 1 aromatic heterocycles. The van der Waals surface area contributed by atoms with E-state index in [1.54, 1.807) is 0 Å². The average molecular weight is 911 g/mol. The normalized spacial score (nSPS) is 13.9. The number of para-hydroxylation sites is 1. The molecule has 0 atom stereocenters. The Morgan fingerprint density at radius 3 is 1.23 bits per heavy atom. The molecule has 0 saturated carbocycles. The van der Waals surface area contributed by atoms with E-state index in [1.165, 1.54) is 94.3 Å². The van der Waals surface area contributed by atoms with Crippen LogP contribution in [0.3, 0.4) is 0 Å². The third-order valence-electron chi connectivity index (χ3n) is 15.4. The highest BCUT2D eigenvalue weighted by atomic mass is 16.3. The van der Waals surface area contributed by atoms with E-state index in [4.69, 9.17) is 4.42 Å². The van der Waals surface area contributed by atoms with E-state index >= 15 is 0 Å². The smallest absolute Gasteiger partial charge is 0.252 e. The first-order valence-electron chi connectivity index (χ1n) is 25.3. The van der Waals surface area contributed by atoms with Crippen molar-refractivity contribution in [1.82, 2.24) is 0 Å². The second kappa shape index (κ2) is 15.2. The number of anilines is 6. The van der Waals surface area contributed by atoms with Gasteiger partial charge in [-0.1, -0.05) is 192 Å². The van der Waals surface area contributed by atoms with Gasteiger partial charge in [0.05, 0.1) is 0 Å². The Balaban J connectivity index is 1.27. The van der Waals surface area contributed by atoms with Crippen LogP contribution >= 0.6 is 0 Å². The summed E-state index contributed by atoms with van der Waals surface area (Å²) in [6.07, 6.45) is 0. The molecule has 0 amide bonds. The molecule has 0 saturated heterocycles. The molecule has 346 valence electrons. The van der Waals surface area contributed by atoms with Gasteiger partial charge < -0.3 is 14.2 Å². The lowest BCUT2D eigenvalue weighted by atomic mass is 9.33. The number of nitrogens with zero attached hydrogens (tertiary/aromatic N) is 2. The van der Waals surface area contributed by atoms with Gasteiger partial charge in [0.1, 0.15) is 11.2 Å². The van der Waals surface area contributed by atoms with E-state index in [0.717, 1.165) is 33.1 Å². The molecule has 12 rings (SSSR count). The summed E-state index contributed by atoms with van der Waals surface area (Å²) in [7, 11) is 0. The first-order valence-corrected chi connectivity index (χ1v) is 25.3. The van der Waals surface area contributed by atoms with Gasteiger partial charge in [0.2, 0.25) is 0 Å². The number of hydrogen-bond acceptors (Lipinski definition) is 3. The summed E-state index contributed by atoms with van der Waals surface area (Å²) < 4.78 is 6.45. The van der Waals surface area contributed by atoms with Crippen molar-refractivity contribution in [1.29, 1.82) is 0 Å². The van der Waals surface area contributed by atoms with Crippen LogP contribution in [0, 0.1) is 0 Å². The Kier molecular flexibility index (Phi) is 9.62. The van der Waals surface area contributed by atoms with Gasteiger partial charge in [-0.25, -0.2) is 0 Å². The summed E-state index contributed by atoms with van der Waals surface area (Å²) in [4.78, 5) is 5.31. The maximum absolute atomic E-state index is 6.45. The SMILES string of the molecule is CC(C)(C)c1cc(N2c3cc(-c4ccc5oc6ccccc6c5c4)cc4c3B(c3ccc5ccccc5c32)c2ccc3ccccc3c2N4c2cc(C(C)(C)C)cc(C(C)(C)C)c2)cc(C(C)(C)C)c1. The van der Waals surface area contributed by atoms with E-state index in [0.29, 0.717) is 0 Å². The average Bonchev–Trinajstić information content (AvgIpc) is 3.70. The van der Waals surface area contributed by atoms with Crippen LogP contribution < -0.4 is 26.2 Å². The van der Waals surface area contributed by atoms with Gasteiger partial charge in [-0.2, -0.15) is 0 Å². The summed E-state index contributed by atoms with van der Waals surface area (Å²) in [5.41, 5.74) is 20.3. The Morgan fingerprint density at radius 2 is 0.771 bits per heavy atom. The van der Waals surface area contributed by atoms with Gasteiger partial charge in [0.15, 0.2) is 0 Å². The number of furan rings is 1. The van der Waals surface area contributed by atoms with E-state index in [1.807, 2.05) is 0 Å². The summed E-state index contributed by atoms with van der Waals surface area (Å²) >= 11 is 0. The molecule has 3 nitrogen and oxygen atoms in total. The molecule has 0 bridgehead atoms. The van der Waals surface area contributed by atoms with Gasteiger partial charge in [-0.3, -0.25) is 0 Å². The van der Waals surface area contributed by atoms with Gasteiger partial charge in [0.25, 0.3) is 6.71 Å². The maximum atomic E-state index is 6.45. The molecule has 0 spiro atoms. The topological polar surface area (TPSA) is 19.6 Å². The Bertz CT molecular complexity index is 3540. The molecule has 9 aromatic carbocycles. The van der Waals surface area contributed by atoms with Crippen LogP contribution in [0.5, 0.6) is 0 Å². The van der Waals surface area contributed by atoms with Crippen molar-refractivity contribution < 1.29 is 4.42 Å². The van der Waals surface area contributed by atoms with Crippen LogP contribution in [-0.2, 0) is 21.7 Å². The molecule has 4 heteroatoms. The van der Waals surface area contributed by atoms with E-state index in [-0.39, 0.29) is 28.4 Å². The molecule has 70 heavy (non-hydrogen) atoms. The lowest BCUT2D eigenvalue weighted by Gasteiger charge is -2.46. The molecule has 0 unspecified atom stereocenters. The molecular weight excluding hydrogens is 848 g/mol. The minimum Gasteiger partial charge on any atom is -0.456 e. The predicted molar refractivity (Wildman–Crippen MR) is 303 cm³/mol. The number of rotatable bonds is 3. The summed E-state index contributed by atoms with van der Waals surface area (Å²) in [5, 5.41) is 7.22. The quantitative estimate of drug-likeness (QED) is 0.165. The van der Waals surface area contributed by atoms with Crippen molar-refractivity contribution in [3.05, 3.63) is 186 Å². The fraction of sp³-hybridized carbons (Fsp3) is 0.242. The van der Waals surface area contributed by atoms with Crippen molar-refractivity contribution >= 4 is 101 Å². The molecule has 0 N–H and O–H groups in total. The lowest BCUT2D eigenvalue weighted by molar-refractivity contribution is 0.568. The van der Waals surface area contributed by atoms with Gasteiger partial charge in [-0.15, -0.1) is 0 Å². The minimum absolute atomic E-state index is 0.0492. The van der Waals surface area contributed by atoms with Crippen molar-refractivity contribution in [2.45, 2.75) is 105 Å². The fourth-order valence-corrected chi connectivity index (χ4v) is 11.3. The van der Waals surface area contributed by atoms with Crippen molar-refractivity contribution in [2.24, 2.45) is 0 Å². The zero-order valence-corrected chi connectivity index (χ0v) is 43.0. The third kappa shape index (κ3) is 7.00. The highest BCUT2D eigenvalue weighted by Gasteiger charge is 2.45. The first-order chi connectivity index (χ1) is 33.2. The van der Waals surface area contributed by atoms with E-state index in [2.05, 4.69) is 257 Å². The molecule has 2 aliphatic rings. The fourth-order valence-electron chi connectivity index (χ4n) is 11.3. The van der Waals surface area contributed by atoms with Crippen molar-refractivity contribution in [2.75, 3.05) is 9.80 Å². The highest BCUT2D eigenvalue weighted by Crippen LogP contribution is 2.51. The van der Waals surface area contributed by atoms with Gasteiger partial charge in [-0.05, 0) is 137 Å². The van der Waals surface area contributed by atoms with E-state index in [9.17, 15) is 0 Å². The predicted octanol–water partition coefficient (Wildman–Crippen LogP) is 16.8. The first kappa shape index (κ1) is 44.2. The van der Waals surface area contributed by atoms with Crippen LogP contribution in [0.25, 0.3) is 54.6 Å². The molecule has 0 aliphatic carbocycles. The van der Waals surface area contributed by atoms with E-state index < -0.39 is 0 Å². The Morgan fingerprint density at radius 1 is 0.357 bits per heavy atom. The number of fused-ring (bicyclic) bond motifs is 11. The van der Waals surface area contributed by atoms with Crippen molar-refractivity contribution in [3.63, 3.8) is 0 Å². The lowest BCUT2D eigenvalue weighted by Crippen LogP contribution is -2.61. The highest BCUT2D eigenvalue weighted by molar-refractivity contribution is 7.00. The Hall–Kier alpha value is -7.04. The van der Waals surface area contributed by atoms with Gasteiger partial charge >= 0.3 is 0 Å². The van der Waals surface area contributed by atoms with Crippen LogP contribution in [-0.4, -0.2) is 6.71 Å². The summed E-state index contributed by atoms with van der Waals surface area (Å²) in [5.74, 6) is 0. The Labute approximate surface area is 414 Å². The minimum atomic E-state index is -0.0837.